The van der Waals surface area contributed by atoms with Crippen LogP contribution in [-0.4, -0.2) is 43.3 Å². The number of hydrogen-bond acceptors (Lipinski definition) is 6. The smallest absolute Gasteiger partial charge is 0.243 e. The van der Waals surface area contributed by atoms with Crippen LogP contribution in [0.2, 0.25) is 0 Å². The highest BCUT2D eigenvalue weighted by Crippen LogP contribution is 2.30. The van der Waals surface area contributed by atoms with E-state index in [1.807, 2.05) is 25.1 Å². The van der Waals surface area contributed by atoms with Crippen molar-refractivity contribution in [3.05, 3.63) is 48.0 Å². The molecule has 1 atom stereocenters. The Labute approximate surface area is 186 Å². The zero-order chi connectivity index (χ0) is 22.0. The van der Waals surface area contributed by atoms with Gasteiger partial charge in [0.2, 0.25) is 15.9 Å². The third-order valence-electron chi connectivity index (χ3n) is 5.45. The summed E-state index contributed by atoms with van der Waals surface area (Å²) in [5, 5.41) is 3.39. The maximum atomic E-state index is 13.2. The maximum Gasteiger partial charge on any atom is 0.243 e. The number of methoxy groups -OCH3 is 1. The van der Waals surface area contributed by atoms with E-state index in [0.717, 1.165) is 28.6 Å². The van der Waals surface area contributed by atoms with Crippen LogP contribution >= 0.6 is 11.3 Å². The lowest BCUT2D eigenvalue weighted by Gasteiger charge is -2.34. The zero-order valence-corrected chi connectivity index (χ0v) is 19.1. The van der Waals surface area contributed by atoms with Gasteiger partial charge in [0.05, 0.1) is 22.2 Å². The monoisotopic (exact) mass is 459 g/mol. The number of anilines is 1. The summed E-state index contributed by atoms with van der Waals surface area (Å²) in [6, 6.07) is 11.9. The Morgan fingerprint density at radius 2 is 2.00 bits per heavy atom. The second-order valence-corrected chi connectivity index (χ2v) is 10.6. The molecule has 1 fully saturated rings. The summed E-state index contributed by atoms with van der Waals surface area (Å²) in [5.41, 5.74) is 1.97. The molecule has 1 aliphatic rings. The van der Waals surface area contributed by atoms with E-state index in [4.69, 9.17) is 4.74 Å². The number of ether oxygens (including phenoxy) is 1. The fourth-order valence-electron chi connectivity index (χ4n) is 3.85. The Hall–Kier alpha value is -2.49. The van der Waals surface area contributed by atoms with Gasteiger partial charge in [0.15, 0.2) is 5.13 Å². The average molecular weight is 460 g/mol. The van der Waals surface area contributed by atoms with Crippen LogP contribution in [0, 0.1) is 6.92 Å². The maximum absolute atomic E-state index is 13.2. The number of sulfonamides is 1. The number of nitrogens with zero attached hydrogens (tertiary/aromatic N) is 2. The molecule has 0 aliphatic carbocycles. The summed E-state index contributed by atoms with van der Waals surface area (Å²) in [4.78, 5) is 17.4. The van der Waals surface area contributed by atoms with Crippen molar-refractivity contribution in [2.24, 2.45) is 0 Å². The highest BCUT2D eigenvalue weighted by atomic mass is 32.2. The second kappa shape index (κ2) is 8.94. The van der Waals surface area contributed by atoms with Crippen molar-refractivity contribution in [2.45, 2.75) is 43.5 Å². The lowest BCUT2D eigenvalue weighted by molar-refractivity contribution is -0.117. The molecule has 1 aromatic heterocycles. The number of thiazole rings is 1. The summed E-state index contributed by atoms with van der Waals surface area (Å²) in [6.07, 6.45) is 2.43. The molecule has 0 radical (unpaired) electrons. The molecule has 2 heterocycles. The summed E-state index contributed by atoms with van der Waals surface area (Å²) < 4.78 is 34.1. The highest BCUT2D eigenvalue weighted by molar-refractivity contribution is 7.89. The standard InChI is InChI=1S/C22H25N3O4S2/c1-15-6-11-19-20(13-15)30-22(23-19)24-21(26)14-16-5-3-4-12-25(16)31(27,28)18-9-7-17(29-2)8-10-18/h6-11,13,16H,3-5,12,14H2,1-2H3,(H,23,24,26)/t16-/m0/s1. The van der Waals surface area contributed by atoms with Crippen molar-refractivity contribution in [2.75, 3.05) is 19.0 Å². The second-order valence-electron chi connectivity index (χ2n) is 7.68. The molecule has 1 saturated heterocycles. The van der Waals surface area contributed by atoms with Gasteiger partial charge in [-0.25, -0.2) is 13.4 Å². The number of amides is 1. The normalized spacial score (nSPS) is 17.5. The van der Waals surface area contributed by atoms with Gasteiger partial charge in [0.25, 0.3) is 0 Å². The summed E-state index contributed by atoms with van der Waals surface area (Å²) in [5.74, 6) is 0.372. The Morgan fingerprint density at radius 1 is 1.23 bits per heavy atom. The van der Waals surface area contributed by atoms with E-state index >= 15 is 0 Å². The predicted molar refractivity (Wildman–Crippen MR) is 122 cm³/mol. The van der Waals surface area contributed by atoms with E-state index in [9.17, 15) is 13.2 Å². The molecule has 7 nitrogen and oxygen atoms in total. The number of nitrogens with one attached hydrogen (secondary N) is 1. The Kier molecular flexibility index (Phi) is 6.27. The van der Waals surface area contributed by atoms with Gasteiger partial charge in [-0.05, 0) is 61.7 Å². The molecule has 164 valence electrons. The van der Waals surface area contributed by atoms with Crippen LogP contribution in [0.1, 0.15) is 31.2 Å². The average Bonchev–Trinajstić information content (AvgIpc) is 3.15. The number of carbonyl (C=O) groups is 1. The van der Waals surface area contributed by atoms with Crippen LogP contribution in [-0.2, 0) is 14.8 Å². The van der Waals surface area contributed by atoms with Gasteiger partial charge < -0.3 is 10.1 Å². The van der Waals surface area contributed by atoms with Gasteiger partial charge in [-0.15, -0.1) is 0 Å². The third-order valence-corrected chi connectivity index (χ3v) is 8.35. The van der Waals surface area contributed by atoms with Crippen molar-refractivity contribution in [1.82, 2.24) is 9.29 Å². The number of aromatic nitrogens is 1. The van der Waals surface area contributed by atoms with Crippen LogP contribution in [0.25, 0.3) is 10.2 Å². The molecule has 3 aromatic rings. The van der Waals surface area contributed by atoms with Gasteiger partial charge in [0, 0.05) is 19.0 Å². The first-order chi connectivity index (χ1) is 14.9. The van der Waals surface area contributed by atoms with E-state index in [1.165, 1.54) is 22.8 Å². The lowest BCUT2D eigenvalue weighted by atomic mass is 10.0. The fourth-order valence-corrected chi connectivity index (χ4v) is 6.52. The van der Waals surface area contributed by atoms with Crippen LogP contribution in [0.4, 0.5) is 5.13 Å². The first-order valence-corrected chi connectivity index (χ1v) is 12.5. The van der Waals surface area contributed by atoms with E-state index < -0.39 is 10.0 Å². The highest BCUT2D eigenvalue weighted by Gasteiger charge is 2.34. The minimum absolute atomic E-state index is 0.102. The van der Waals surface area contributed by atoms with E-state index in [2.05, 4.69) is 10.3 Å². The molecule has 0 unspecified atom stereocenters. The Morgan fingerprint density at radius 3 is 2.74 bits per heavy atom. The van der Waals surface area contributed by atoms with Crippen LogP contribution in [0.15, 0.2) is 47.4 Å². The van der Waals surface area contributed by atoms with E-state index in [-0.39, 0.29) is 23.3 Å². The van der Waals surface area contributed by atoms with Crippen molar-refractivity contribution >= 4 is 42.6 Å². The minimum Gasteiger partial charge on any atom is -0.497 e. The van der Waals surface area contributed by atoms with Crippen LogP contribution in [0.3, 0.4) is 0 Å². The summed E-state index contributed by atoms with van der Waals surface area (Å²) in [6.45, 7) is 2.42. The largest absolute Gasteiger partial charge is 0.497 e. The number of benzene rings is 2. The van der Waals surface area contributed by atoms with Crippen molar-refractivity contribution < 1.29 is 17.9 Å². The third kappa shape index (κ3) is 4.73. The number of piperidine rings is 1. The quantitative estimate of drug-likeness (QED) is 0.597. The molecule has 4 rings (SSSR count). The lowest BCUT2D eigenvalue weighted by Crippen LogP contribution is -2.45. The molecule has 0 bridgehead atoms. The topological polar surface area (TPSA) is 88.6 Å². The number of hydrogen-bond donors (Lipinski definition) is 1. The number of fused-ring (bicyclic) bond motifs is 1. The molecule has 0 saturated carbocycles. The molecular formula is C22H25N3O4S2. The van der Waals surface area contributed by atoms with Crippen molar-refractivity contribution in [3.63, 3.8) is 0 Å². The molecule has 9 heteroatoms. The zero-order valence-electron chi connectivity index (χ0n) is 17.5. The van der Waals surface area contributed by atoms with Crippen molar-refractivity contribution in [3.8, 4) is 5.75 Å². The molecule has 1 amide bonds. The van der Waals surface area contributed by atoms with Gasteiger partial charge >= 0.3 is 0 Å². The summed E-state index contributed by atoms with van der Waals surface area (Å²) in [7, 11) is -2.16. The number of rotatable bonds is 6. The minimum atomic E-state index is -3.70. The fraction of sp³-hybridized carbons (Fsp3) is 0.364. The SMILES string of the molecule is COc1ccc(S(=O)(=O)N2CCCC[C@H]2CC(=O)Nc2nc3ccc(C)cc3s2)cc1. The molecule has 1 aliphatic heterocycles. The Balaban J connectivity index is 1.49. The first-order valence-electron chi connectivity index (χ1n) is 10.2. The first kappa shape index (κ1) is 21.7. The molecule has 0 spiro atoms. The van der Waals surface area contributed by atoms with Gasteiger partial charge in [-0.3, -0.25) is 4.79 Å². The van der Waals surface area contributed by atoms with Gasteiger partial charge in [0.1, 0.15) is 5.75 Å². The van der Waals surface area contributed by atoms with Gasteiger partial charge in [-0.2, -0.15) is 4.31 Å². The van der Waals surface area contributed by atoms with Crippen LogP contribution in [0.5, 0.6) is 5.75 Å². The predicted octanol–water partition coefficient (Wildman–Crippen LogP) is 4.19. The van der Waals surface area contributed by atoms with E-state index in [1.54, 1.807) is 24.3 Å². The molecule has 31 heavy (non-hydrogen) atoms. The molecular weight excluding hydrogens is 434 g/mol. The Bertz CT molecular complexity index is 1190. The van der Waals surface area contributed by atoms with Crippen LogP contribution < -0.4 is 10.1 Å². The number of aryl methyl sites for hydroxylation is 1. The van der Waals surface area contributed by atoms with E-state index in [0.29, 0.717) is 23.8 Å². The summed E-state index contributed by atoms with van der Waals surface area (Å²) >= 11 is 1.42. The number of carbonyl (C=O) groups excluding carboxylic acids is 1. The van der Waals surface area contributed by atoms with Gasteiger partial charge in [-0.1, -0.05) is 23.8 Å². The molecule has 1 N–H and O–H groups in total. The molecule has 2 aromatic carbocycles. The van der Waals surface area contributed by atoms with Crippen molar-refractivity contribution in [1.29, 1.82) is 0 Å².